The van der Waals surface area contributed by atoms with Crippen LogP contribution in [-0.4, -0.2) is 37.1 Å². The van der Waals surface area contributed by atoms with Gasteiger partial charge in [-0.15, -0.1) is 0 Å². The van der Waals surface area contributed by atoms with Gasteiger partial charge in [-0.2, -0.15) is 0 Å². The van der Waals surface area contributed by atoms with Crippen molar-refractivity contribution in [2.75, 3.05) is 38.2 Å². The molecule has 3 N–H and O–H groups in total. The second kappa shape index (κ2) is 5.01. The van der Waals surface area contributed by atoms with Gasteiger partial charge in [-0.1, -0.05) is 6.07 Å². The van der Waals surface area contributed by atoms with E-state index in [1.54, 1.807) is 6.20 Å². The molecule has 0 atom stereocenters. The maximum atomic E-state index is 6.13. The van der Waals surface area contributed by atoms with E-state index < -0.39 is 0 Å². The van der Waals surface area contributed by atoms with Crippen molar-refractivity contribution in [3.05, 3.63) is 30.6 Å². The predicted octanol–water partition coefficient (Wildman–Crippen LogP) is 1.79. The zero-order valence-electron chi connectivity index (χ0n) is 10.3. The fourth-order valence-corrected chi connectivity index (χ4v) is 1.76. The van der Waals surface area contributed by atoms with Crippen LogP contribution in [0, 0.1) is 0 Å². The first-order valence-electron chi connectivity index (χ1n) is 5.69. The van der Waals surface area contributed by atoms with E-state index in [4.69, 9.17) is 5.73 Å². The van der Waals surface area contributed by atoms with Crippen LogP contribution >= 0.6 is 0 Å². The number of benzene rings is 1. The average molecular weight is 230 g/mol. The number of likely N-dealkylation sites (N-methyl/N-ethyl adjacent to an activating group) is 1. The summed E-state index contributed by atoms with van der Waals surface area (Å²) in [7, 11) is 4.11. The van der Waals surface area contributed by atoms with Crippen molar-refractivity contribution in [2.24, 2.45) is 0 Å². The minimum atomic E-state index is 0.795. The molecule has 0 aliphatic heterocycles. The summed E-state index contributed by atoms with van der Waals surface area (Å²) >= 11 is 0. The van der Waals surface area contributed by atoms with Gasteiger partial charge in [-0.3, -0.25) is 4.98 Å². The van der Waals surface area contributed by atoms with Crippen molar-refractivity contribution < 1.29 is 0 Å². The highest BCUT2D eigenvalue weighted by atomic mass is 15.1. The molecule has 0 aliphatic carbocycles. The molecule has 1 aromatic carbocycles. The lowest BCUT2D eigenvalue weighted by Gasteiger charge is -2.14. The van der Waals surface area contributed by atoms with E-state index in [0.29, 0.717) is 0 Å². The highest BCUT2D eigenvalue weighted by Gasteiger charge is 2.03. The van der Waals surface area contributed by atoms with Crippen molar-refractivity contribution in [3.63, 3.8) is 0 Å². The van der Waals surface area contributed by atoms with Crippen LogP contribution in [0.25, 0.3) is 10.8 Å². The van der Waals surface area contributed by atoms with Crippen molar-refractivity contribution in [1.82, 2.24) is 9.88 Å². The number of nitrogens with two attached hydrogens (primary N) is 1. The van der Waals surface area contributed by atoms with E-state index >= 15 is 0 Å². The Morgan fingerprint density at radius 3 is 2.88 bits per heavy atom. The van der Waals surface area contributed by atoms with Crippen molar-refractivity contribution in [1.29, 1.82) is 0 Å². The minimum absolute atomic E-state index is 0.795. The van der Waals surface area contributed by atoms with Gasteiger partial charge in [0.2, 0.25) is 0 Å². The molecule has 4 nitrogen and oxygen atoms in total. The maximum absolute atomic E-state index is 6.13. The average Bonchev–Trinajstić information content (AvgIpc) is 2.32. The molecule has 2 rings (SSSR count). The van der Waals surface area contributed by atoms with Gasteiger partial charge in [0.15, 0.2) is 0 Å². The van der Waals surface area contributed by atoms with E-state index in [-0.39, 0.29) is 0 Å². The second-order valence-corrected chi connectivity index (χ2v) is 4.35. The number of anilines is 2. The second-order valence-electron chi connectivity index (χ2n) is 4.35. The molecule has 1 aromatic heterocycles. The van der Waals surface area contributed by atoms with Crippen molar-refractivity contribution in [3.8, 4) is 0 Å². The van der Waals surface area contributed by atoms with Crippen LogP contribution in [0.1, 0.15) is 0 Å². The number of hydrogen-bond donors (Lipinski definition) is 2. The number of hydrogen-bond acceptors (Lipinski definition) is 4. The zero-order valence-corrected chi connectivity index (χ0v) is 10.3. The Morgan fingerprint density at radius 2 is 2.12 bits per heavy atom. The van der Waals surface area contributed by atoms with Gasteiger partial charge >= 0.3 is 0 Å². The lowest BCUT2D eigenvalue weighted by molar-refractivity contribution is 0.425. The van der Waals surface area contributed by atoms with E-state index in [1.165, 1.54) is 0 Å². The van der Waals surface area contributed by atoms with Crippen LogP contribution in [-0.2, 0) is 0 Å². The summed E-state index contributed by atoms with van der Waals surface area (Å²) in [6, 6.07) is 5.99. The van der Waals surface area contributed by atoms with Crippen LogP contribution < -0.4 is 11.1 Å². The van der Waals surface area contributed by atoms with Gasteiger partial charge in [0, 0.05) is 36.3 Å². The fourth-order valence-electron chi connectivity index (χ4n) is 1.76. The molecule has 0 saturated carbocycles. The van der Waals surface area contributed by atoms with E-state index in [0.717, 1.165) is 35.2 Å². The molecule has 90 valence electrons. The molecule has 0 spiro atoms. The number of rotatable bonds is 4. The number of nitrogen functional groups attached to an aromatic ring is 1. The molecule has 0 bridgehead atoms. The standard InChI is InChI=1S/C13H18N4/c1-17(2)8-7-16-12-4-3-10-9-15-6-5-11(10)13(12)14/h3-6,9,16H,7-8,14H2,1-2H3. The first-order valence-corrected chi connectivity index (χ1v) is 5.69. The highest BCUT2D eigenvalue weighted by molar-refractivity contribution is 5.98. The molecule has 4 heteroatoms. The summed E-state index contributed by atoms with van der Waals surface area (Å²) in [5.41, 5.74) is 7.92. The summed E-state index contributed by atoms with van der Waals surface area (Å²) in [4.78, 5) is 6.22. The van der Waals surface area contributed by atoms with Gasteiger partial charge in [-0.25, -0.2) is 0 Å². The first kappa shape index (κ1) is 11.7. The topological polar surface area (TPSA) is 54.2 Å². The van der Waals surface area contributed by atoms with Gasteiger partial charge < -0.3 is 16.0 Å². The van der Waals surface area contributed by atoms with Crippen molar-refractivity contribution in [2.45, 2.75) is 0 Å². The third-order valence-corrected chi connectivity index (χ3v) is 2.74. The van der Waals surface area contributed by atoms with Gasteiger partial charge in [-0.05, 0) is 26.2 Å². The summed E-state index contributed by atoms with van der Waals surface area (Å²) < 4.78 is 0. The Bertz CT molecular complexity index is 508. The predicted molar refractivity (Wildman–Crippen MR) is 73.2 cm³/mol. The molecule has 2 aromatic rings. The quantitative estimate of drug-likeness (QED) is 0.786. The monoisotopic (exact) mass is 230 g/mol. The smallest absolute Gasteiger partial charge is 0.0630 e. The summed E-state index contributed by atoms with van der Waals surface area (Å²) in [5.74, 6) is 0. The largest absolute Gasteiger partial charge is 0.397 e. The Kier molecular flexibility index (Phi) is 3.44. The fraction of sp³-hybridized carbons (Fsp3) is 0.308. The third kappa shape index (κ3) is 2.65. The molecule has 0 radical (unpaired) electrons. The van der Waals surface area contributed by atoms with Crippen LogP contribution in [0.5, 0.6) is 0 Å². The Hall–Kier alpha value is -1.81. The van der Waals surface area contributed by atoms with Crippen molar-refractivity contribution >= 4 is 22.1 Å². The number of pyridine rings is 1. The van der Waals surface area contributed by atoms with Crippen LogP contribution in [0.4, 0.5) is 11.4 Å². The molecule has 0 amide bonds. The molecular formula is C13H18N4. The van der Waals surface area contributed by atoms with Gasteiger partial charge in [0.25, 0.3) is 0 Å². The molecule has 0 aliphatic rings. The summed E-state index contributed by atoms with van der Waals surface area (Å²) in [6.45, 7) is 1.86. The SMILES string of the molecule is CN(C)CCNc1ccc2cnccc2c1N. The molecule has 0 saturated heterocycles. The van der Waals surface area contributed by atoms with Crippen LogP contribution in [0.2, 0.25) is 0 Å². The molecule has 17 heavy (non-hydrogen) atoms. The number of nitrogens with one attached hydrogen (secondary N) is 1. The van der Waals surface area contributed by atoms with E-state index in [1.807, 2.05) is 24.4 Å². The number of aromatic nitrogens is 1. The summed E-state index contributed by atoms with van der Waals surface area (Å²) in [6.07, 6.45) is 3.59. The summed E-state index contributed by atoms with van der Waals surface area (Å²) in [5, 5.41) is 5.47. The van der Waals surface area contributed by atoms with Crippen LogP contribution in [0.15, 0.2) is 30.6 Å². The van der Waals surface area contributed by atoms with Gasteiger partial charge in [0.1, 0.15) is 0 Å². The van der Waals surface area contributed by atoms with Crippen LogP contribution in [0.3, 0.4) is 0 Å². The molecular weight excluding hydrogens is 212 g/mol. The lowest BCUT2D eigenvalue weighted by Crippen LogP contribution is -2.21. The lowest BCUT2D eigenvalue weighted by atomic mass is 10.1. The highest BCUT2D eigenvalue weighted by Crippen LogP contribution is 2.27. The number of nitrogens with zero attached hydrogens (tertiary/aromatic N) is 2. The molecule has 1 heterocycles. The molecule has 0 fully saturated rings. The van der Waals surface area contributed by atoms with Gasteiger partial charge in [0.05, 0.1) is 11.4 Å². The third-order valence-electron chi connectivity index (χ3n) is 2.74. The Balaban J connectivity index is 2.21. The van der Waals surface area contributed by atoms with E-state index in [9.17, 15) is 0 Å². The minimum Gasteiger partial charge on any atom is -0.397 e. The molecule has 0 unspecified atom stereocenters. The number of fused-ring (bicyclic) bond motifs is 1. The first-order chi connectivity index (χ1) is 8.18. The maximum Gasteiger partial charge on any atom is 0.0630 e. The zero-order chi connectivity index (χ0) is 12.3. The Labute approximate surface area is 101 Å². The Morgan fingerprint density at radius 1 is 1.29 bits per heavy atom. The van der Waals surface area contributed by atoms with E-state index in [2.05, 4.69) is 29.3 Å². The normalized spacial score (nSPS) is 11.0.